The highest BCUT2D eigenvalue weighted by molar-refractivity contribution is 7.11. The molecule has 27 heavy (non-hydrogen) atoms. The fourth-order valence-electron chi connectivity index (χ4n) is 2.61. The number of anilines is 1. The molecule has 0 fully saturated rings. The van der Waals surface area contributed by atoms with Crippen LogP contribution < -0.4 is 5.32 Å². The summed E-state index contributed by atoms with van der Waals surface area (Å²) in [5.41, 5.74) is 3.73. The van der Waals surface area contributed by atoms with Crippen molar-refractivity contribution in [1.29, 1.82) is 5.26 Å². The summed E-state index contributed by atoms with van der Waals surface area (Å²) < 4.78 is 13.1. The molecular weight excluding hydrogens is 359 g/mol. The van der Waals surface area contributed by atoms with Gasteiger partial charge in [-0.25, -0.2) is 9.37 Å². The van der Waals surface area contributed by atoms with Crippen LogP contribution in [0.5, 0.6) is 0 Å². The van der Waals surface area contributed by atoms with Crippen molar-refractivity contribution in [2.75, 3.05) is 5.32 Å². The number of rotatable bonds is 4. The molecule has 0 saturated carbocycles. The van der Waals surface area contributed by atoms with Gasteiger partial charge in [0.1, 0.15) is 22.5 Å². The molecule has 6 heteroatoms. The first kappa shape index (κ1) is 16.9. The van der Waals surface area contributed by atoms with Crippen molar-refractivity contribution in [3.05, 3.63) is 83.2 Å². The predicted octanol–water partition coefficient (Wildman–Crippen LogP) is 5.47. The number of hydrogen-bond acceptors (Lipinski definition) is 5. The number of fused-ring (bicyclic) bond motifs is 1. The average molecular weight is 372 g/mol. The summed E-state index contributed by atoms with van der Waals surface area (Å²) in [5, 5.41) is 16.1. The Bertz CT molecular complexity index is 1170. The Morgan fingerprint density at radius 2 is 2.00 bits per heavy atom. The minimum Gasteiger partial charge on any atom is -0.360 e. The number of nitrogens with one attached hydrogen (secondary N) is 1. The maximum absolute atomic E-state index is 13.1. The molecule has 0 amide bonds. The number of pyridine rings is 1. The molecule has 0 aliphatic heterocycles. The minimum atomic E-state index is -0.290. The number of benzene rings is 2. The van der Waals surface area contributed by atoms with E-state index in [1.165, 1.54) is 23.5 Å². The molecule has 4 nitrogen and oxygen atoms in total. The molecule has 4 aromatic rings. The lowest BCUT2D eigenvalue weighted by Crippen LogP contribution is -1.91. The van der Waals surface area contributed by atoms with Gasteiger partial charge in [-0.3, -0.25) is 4.98 Å². The average Bonchev–Trinajstić information content (AvgIpc) is 3.19. The van der Waals surface area contributed by atoms with Crippen molar-refractivity contribution in [2.24, 2.45) is 0 Å². The number of nitrogens with zero attached hydrogens (tertiary/aromatic N) is 3. The lowest BCUT2D eigenvalue weighted by atomic mass is 10.2. The van der Waals surface area contributed by atoms with Crippen LogP contribution in [-0.2, 0) is 0 Å². The van der Waals surface area contributed by atoms with Crippen LogP contribution in [0.4, 0.5) is 10.1 Å². The van der Waals surface area contributed by atoms with E-state index in [-0.39, 0.29) is 5.82 Å². The number of aromatic nitrogens is 2. The summed E-state index contributed by atoms with van der Waals surface area (Å²) in [6, 6.07) is 18.0. The molecule has 0 aliphatic carbocycles. The third kappa shape index (κ3) is 3.68. The predicted molar refractivity (Wildman–Crippen MR) is 106 cm³/mol. The second kappa shape index (κ2) is 7.36. The SMILES string of the molecule is N#C/C(=C/Nc1ccc2ncccc2c1)c1nc(-c2ccc(F)cc2)cs1. The topological polar surface area (TPSA) is 61.6 Å². The molecular formula is C21H13FN4S. The zero-order valence-electron chi connectivity index (χ0n) is 14.1. The van der Waals surface area contributed by atoms with E-state index < -0.39 is 0 Å². The Balaban J connectivity index is 1.58. The van der Waals surface area contributed by atoms with Crippen LogP contribution in [0.1, 0.15) is 5.01 Å². The molecule has 2 heterocycles. The first-order chi connectivity index (χ1) is 13.2. The van der Waals surface area contributed by atoms with Crippen molar-refractivity contribution >= 4 is 33.5 Å². The summed E-state index contributed by atoms with van der Waals surface area (Å²) in [6.07, 6.45) is 3.40. The van der Waals surface area contributed by atoms with Crippen LogP contribution in [0.25, 0.3) is 27.7 Å². The number of thiazole rings is 1. The standard InChI is InChI=1S/C21H13FN4S/c22-17-5-3-14(4-6-17)20-13-27-21(26-20)16(11-23)12-25-18-7-8-19-15(10-18)2-1-9-24-19/h1-10,12-13,25H/b16-12-. The van der Waals surface area contributed by atoms with E-state index in [0.717, 1.165) is 22.2 Å². The maximum Gasteiger partial charge on any atom is 0.136 e. The lowest BCUT2D eigenvalue weighted by molar-refractivity contribution is 0.628. The van der Waals surface area contributed by atoms with Gasteiger partial charge in [0, 0.05) is 34.4 Å². The van der Waals surface area contributed by atoms with Crippen LogP contribution in [0.15, 0.2) is 72.4 Å². The highest BCUT2D eigenvalue weighted by Crippen LogP contribution is 2.26. The zero-order valence-corrected chi connectivity index (χ0v) is 14.9. The second-order valence-electron chi connectivity index (χ2n) is 5.77. The molecule has 2 aromatic heterocycles. The number of halogens is 1. The van der Waals surface area contributed by atoms with Crippen LogP contribution in [0.3, 0.4) is 0 Å². The van der Waals surface area contributed by atoms with Crippen molar-refractivity contribution < 1.29 is 4.39 Å². The third-order valence-corrected chi connectivity index (χ3v) is 4.86. The maximum atomic E-state index is 13.1. The molecule has 130 valence electrons. The van der Waals surface area contributed by atoms with Gasteiger partial charge in [0.2, 0.25) is 0 Å². The first-order valence-electron chi connectivity index (χ1n) is 8.16. The van der Waals surface area contributed by atoms with Crippen molar-refractivity contribution in [3.8, 4) is 17.3 Å². The van der Waals surface area contributed by atoms with Crippen molar-refractivity contribution in [2.45, 2.75) is 0 Å². The van der Waals surface area contributed by atoms with Crippen LogP contribution in [0.2, 0.25) is 0 Å². The fourth-order valence-corrected chi connectivity index (χ4v) is 3.41. The van der Waals surface area contributed by atoms with Gasteiger partial charge in [-0.1, -0.05) is 6.07 Å². The number of hydrogen-bond donors (Lipinski definition) is 1. The van der Waals surface area contributed by atoms with Gasteiger partial charge in [-0.15, -0.1) is 11.3 Å². The van der Waals surface area contributed by atoms with Crippen molar-refractivity contribution in [1.82, 2.24) is 9.97 Å². The molecule has 1 N–H and O–H groups in total. The Morgan fingerprint density at radius 3 is 2.81 bits per heavy atom. The molecule has 4 rings (SSSR count). The van der Waals surface area contributed by atoms with Crippen LogP contribution in [-0.4, -0.2) is 9.97 Å². The fraction of sp³-hybridized carbons (Fsp3) is 0. The minimum absolute atomic E-state index is 0.290. The van der Waals surface area contributed by atoms with E-state index in [0.29, 0.717) is 16.3 Å². The van der Waals surface area contributed by atoms with E-state index >= 15 is 0 Å². The molecule has 0 unspecified atom stereocenters. The highest BCUT2D eigenvalue weighted by Gasteiger charge is 2.09. The molecule has 0 atom stereocenters. The summed E-state index contributed by atoms with van der Waals surface area (Å²) >= 11 is 1.37. The number of allylic oxidation sites excluding steroid dienone is 1. The van der Waals surface area contributed by atoms with Gasteiger partial charge in [0.05, 0.1) is 11.2 Å². The summed E-state index contributed by atoms with van der Waals surface area (Å²) in [6.45, 7) is 0. The Morgan fingerprint density at radius 1 is 1.15 bits per heavy atom. The third-order valence-electron chi connectivity index (χ3n) is 3.98. The van der Waals surface area contributed by atoms with Crippen molar-refractivity contribution in [3.63, 3.8) is 0 Å². The van der Waals surface area contributed by atoms with E-state index in [1.54, 1.807) is 24.5 Å². The van der Waals surface area contributed by atoms with E-state index in [9.17, 15) is 9.65 Å². The first-order valence-corrected chi connectivity index (χ1v) is 9.04. The van der Waals surface area contributed by atoms with E-state index in [1.807, 2.05) is 35.7 Å². The Kier molecular flexibility index (Phi) is 4.60. The van der Waals surface area contributed by atoms with Gasteiger partial charge < -0.3 is 5.32 Å². The van der Waals surface area contributed by atoms with E-state index in [4.69, 9.17) is 0 Å². The van der Waals surface area contributed by atoms with Crippen LogP contribution in [0, 0.1) is 17.1 Å². The van der Waals surface area contributed by atoms with Gasteiger partial charge in [0.25, 0.3) is 0 Å². The molecule has 0 spiro atoms. The normalized spacial score (nSPS) is 11.3. The monoisotopic (exact) mass is 372 g/mol. The number of nitriles is 1. The Labute approximate surface area is 159 Å². The lowest BCUT2D eigenvalue weighted by Gasteiger charge is -2.03. The summed E-state index contributed by atoms with van der Waals surface area (Å²) in [7, 11) is 0. The van der Waals surface area contributed by atoms with Gasteiger partial charge in [-0.2, -0.15) is 5.26 Å². The zero-order chi connectivity index (χ0) is 18.6. The second-order valence-corrected chi connectivity index (χ2v) is 6.63. The Hall–Kier alpha value is -3.56. The highest BCUT2D eigenvalue weighted by atomic mass is 32.1. The quantitative estimate of drug-likeness (QED) is 0.482. The van der Waals surface area contributed by atoms with Crippen LogP contribution >= 0.6 is 11.3 Å². The molecule has 0 aliphatic rings. The van der Waals surface area contributed by atoms with Gasteiger partial charge in [0.15, 0.2) is 0 Å². The summed E-state index contributed by atoms with van der Waals surface area (Å²) in [5.74, 6) is -0.290. The smallest absolute Gasteiger partial charge is 0.136 e. The molecule has 0 bridgehead atoms. The van der Waals surface area contributed by atoms with Gasteiger partial charge >= 0.3 is 0 Å². The van der Waals surface area contributed by atoms with Gasteiger partial charge in [-0.05, 0) is 48.5 Å². The summed E-state index contributed by atoms with van der Waals surface area (Å²) in [4.78, 5) is 8.79. The largest absolute Gasteiger partial charge is 0.360 e. The molecule has 0 radical (unpaired) electrons. The molecule has 2 aromatic carbocycles. The molecule has 0 saturated heterocycles. The van der Waals surface area contributed by atoms with E-state index in [2.05, 4.69) is 21.4 Å².